The van der Waals surface area contributed by atoms with Gasteiger partial charge in [0.1, 0.15) is 0 Å². The van der Waals surface area contributed by atoms with Crippen molar-refractivity contribution in [1.82, 2.24) is 10.6 Å². The molecule has 2 aliphatic heterocycles. The zero-order valence-corrected chi connectivity index (χ0v) is 34.6. The van der Waals surface area contributed by atoms with Crippen molar-refractivity contribution in [3.63, 3.8) is 0 Å². The number of ether oxygens (including phenoxy) is 2. The van der Waals surface area contributed by atoms with Crippen LogP contribution in [0.5, 0.6) is 0 Å². The fourth-order valence-electron chi connectivity index (χ4n) is 8.53. The Morgan fingerprint density at radius 2 is 1.26 bits per heavy atom. The van der Waals surface area contributed by atoms with Gasteiger partial charge in [0.05, 0.1) is 11.8 Å². The molecule has 0 atom stereocenters. The van der Waals surface area contributed by atoms with E-state index in [0.717, 1.165) is 35.6 Å². The van der Waals surface area contributed by atoms with E-state index in [1.54, 1.807) is 14.2 Å². The smallest absolute Gasteiger partial charge is 0.226 e. The summed E-state index contributed by atoms with van der Waals surface area (Å²) in [7, 11) is 3.35. The Kier molecular flexibility index (Phi) is 13.6. The Morgan fingerprint density at radius 3 is 1.93 bits per heavy atom. The minimum absolute atomic E-state index is 0.0436. The number of amides is 2. The molecule has 57 heavy (non-hydrogen) atoms. The zero-order valence-electron chi connectivity index (χ0n) is 34.6. The molecule has 6 rings (SSSR count). The van der Waals surface area contributed by atoms with Gasteiger partial charge in [-0.1, -0.05) is 98.8 Å². The van der Waals surface area contributed by atoms with Crippen LogP contribution in [0.1, 0.15) is 64.5 Å². The maximum absolute atomic E-state index is 12.9. The van der Waals surface area contributed by atoms with E-state index in [1.165, 1.54) is 32.7 Å². The van der Waals surface area contributed by atoms with Crippen LogP contribution in [0.3, 0.4) is 0 Å². The van der Waals surface area contributed by atoms with Gasteiger partial charge >= 0.3 is 0 Å². The molecule has 0 spiro atoms. The van der Waals surface area contributed by atoms with Gasteiger partial charge in [0.2, 0.25) is 17.5 Å². The summed E-state index contributed by atoms with van der Waals surface area (Å²) in [6.07, 6.45) is 17.1. The highest BCUT2D eigenvalue weighted by atomic mass is 16.5. The van der Waals surface area contributed by atoms with Crippen molar-refractivity contribution in [2.75, 3.05) is 58.5 Å². The van der Waals surface area contributed by atoms with Crippen molar-refractivity contribution in [3.05, 3.63) is 132 Å². The maximum atomic E-state index is 12.9. The molecule has 0 bridgehead atoms. The van der Waals surface area contributed by atoms with E-state index in [2.05, 4.69) is 163 Å². The first-order chi connectivity index (χ1) is 27.6. The predicted molar refractivity (Wildman–Crippen MR) is 235 cm³/mol. The number of carbonyl (C=O) groups is 2. The Balaban J connectivity index is 1.22. The minimum Gasteiger partial charge on any atom is -0.385 e. The molecule has 298 valence electrons. The van der Waals surface area contributed by atoms with E-state index < -0.39 is 0 Å². The summed E-state index contributed by atoms with van der Waals surface area (Å²) >= 11 is 0. The van der Waals surface area contributed by atoms with Crippen LogP contribution in [-0.2, 0) is 29.9 Å². The van der Waals surface area contributed by atoms with Gasteiger partial charge < -0.3 is 25.0 Å². The molecule has 8 heteroatoms. The van der Waals surface area contributed by atoms with Crippen LogP contribution in [0.4, 0.5) is 11.4 Å². The van der Waals surface area contributed by atoms with Crippen LogP contribution in [0.15, 0.2) is 121 Å². The number of hydrogen-bond donors (Lipinski definition) is 2. The second kappa shape index (κ2) is 18.8. The molecule has 0 fully saturated rings. The van der Waals surface area contributed by atoms with Crippen LogP contribution >= 0.6 is 0 Å². The highest BCUT2D eigenvalue weighted by Gasteiger charge is 2.45. The zero-order chi connectivity index (χ0) is 40.4. The number of hydrogen-bond acceptors (Lipinski definition) is 5. The third-order valence-corrected chi connectivity index (χ3v) is 11.3. The molecule has 2 heterocycles. The molecule has 0 saturated carbocycles. The maximum Gasteiger partial charge on any atom is 0.226 e. The van der Waals surface area contributed by atoms with Crippen LogP contribution in [-0.4, -0.2) is 75.7 Å². The Hall–Kier alpha value is -5.31. The monoisotopic (exact) mass is 767 g/mol. The summed E-state index contributed by atoms with van der Waals surface area (Å²) in [4.78, 5) is 28.0. The van der Waals surface area contributed by atoms with Crippen LogP contribution < -0.4 is 15.5 Å². The Morgan fingerprint density at radius 1 is 0.684 bits per heavy atom. The quantitative estimate of drug-likeness (QED) is 0.0601. The summed E-state index contributed by atoms with van der Waals surface area (Å²) in [5.74, 6) is 0.0873. The largest absolute Gasteiger partial charge is 0.385 e. The highest BCUT2D eigenvalue weighted by molar-refractivity contribution is 6.07. The van der Waals surface area contributed by atoms with Gasteiger partial charge in [0.15, 0.2) is 12.3 Å². The SMILES string of the molecule is COCCCNC(=O)CCN1/C(=C/C=C/C=C/C=C/C2=[N+](CCC(=O)NCCCOC)c3ccc4ccccc4c3C2(C)C)C(C)(C)c2c1ccc1ccccc21. The van der Waals surface area contributed by atoms with E-state index >= 15 is 0 Å². The summed E-state index contributed by atoms with van der Waals surface area (Å²) in [5, 5.41) is 11.0. The molecule has 0 aromatic heterocycles. The fraction of sp³-hybridized carbons (Fsp3) is 0.367. The topological polar surface area (TPSA) is 82.9 Å². The first kappa shape index (κ1) is 41.3. The van der Waals surface area contributed by atoms with E-state index in [1.807, 2.05) is 0 Å². The Bertz CT molecular complexity index is 2240. The molecule has 2 N–H and O–H groups in total. The van der Waals surface area contributed by atoms with Crippen molar-refractivity contribution < 1.29 is 23.6 Å². The van der Waals surface area contributed by atoms with Crippen molar-refractivity contribution >= 4 is 50.4 Å². The van der Waals surface area contributed by atoms with Crippen molar-refractivity contribution in [3.8, 4) is 0 Å². The molecule has 0 aliphatic carbocycles. The van der Waals surface area contributed by atoms with Gasteiger partial charge in [0, 0.05) is 88.0 Å². The molecule has 0 saturated heterocycles. The second-order valence-electron chi connectivity index (χ2n) is 15.9. The second-order valence-corrected chi connectivity index (χ2v) is 15.9. The van der Waals surface area contributed by atoms with Crippen LogP contribution in [0.2, 0.25) is 0 Å². The third-order valence-electron chi connectivity index (χ3n) is 11.3. The van der Waals surface area contributed by atoms with Gasteiger partial charge in [-0.25, -0.2) is 0 Å². The lowest BCUT2D eigenvalue weighted by atomic mass is 9.79. The van der Waals surface area contributed by atoms with Gasteiger partial charge in [-0.15, -0.1) is 0 Å². The van der Waals surface area contributed by atoms with E-state index in [-0.39, 0.29) is 22.6 Å². The number of benzene rings is 4. The molecule has 2 aliphatic rings. The number of carbonyl (C=O) groups excluding carboxylic acids is 2. The van der Waals surface area contributed by atoms with Gasteiger partial charge in [0.25, 0.3) is 0 Å². The number of nitrogens with one attached hydrogen (secondary N) is 2. The number of fused-ring (bicyclic) bond motifs is 6. The number of allylic oxidation sites excluding steroid dienone is 8. The molecule has 4 aromatic carbocycles. The molecular weight excluding hydrogens is 709 g/mol. The molecule has 8 nitrogen and oxygen atoms in total. The normalized spacial score (nSPS) is 16.5. The number of nitrogens with zero attached hydrogens (tertiary/aromatic N) is 2. The lowest BCUT2D eigenvalue weighted by molar-refractivity contribution is -0.436. The summed E-state index contributed by atoms with van der Waals surface area (Å²) in [6.45, 7) is 12.8. The average molecular weight is 768 g/mol. The standard InChI is InChI=1S/C49H58N4O4/c1-48(2)42(52(32-28-44(54)50-30-16-34-56-5)40-26-24-36-18-12-14-20-38(36)46(40)48)22-10-8-7-9-11-23-43-49(3,4)47-39-21-15-13-19-37(39)25-27-41(47)53(43)33-29-45(55)51-31-17-35-57-6/h7-15,18-27H,16-17,28-35H2,1-6H3,(H-,50,51,54,55)/p+1. The van der Waals surface area contributed by atoms with Crippen molar-refractivity contribution in [2.24, 2.45) is 0 Å². The molecule has 4 aromatic rings. The molecule has 0 unspecified atom stereocenters. The first-order valence-electron chi connectivity index (χ1n) is 20.3. The lowest BCUT2D eigenvalue weighted by Crippen LogP contribution is -2.32. The number of methoxy groups -OCH3 is 2. The first-order valence-corrected chi connectivity index (χ1v) is 20.3. The lowest BCUT2D eigenvalue weighted by Gasteiger charge is -2.27. The molecular formula is C49H59N4O4+. The molecule has 2 amide bonds. The van der Waals surface area contributed by atoms with E-state index in [9.17, 15) is 9.59 Å². The fourth-order valence-corrected chi connectivity index (χ4v) is 8.53. The highest BCUT2D eigenvalue weighted by Crippen LogP contribution is 2.51. The van der Waals surface area contributed by atoms with Gasteiger partial charge in [-0.2, -0.15) is 4.58 Å². The molecule has 0 radical (unpaired) electrons. The minimum atomic E-state index is -0.271. The summed E-state index contributed by atoms with van der Waals surface area (Å²) in [6, 6.07) is 25.9. The van der Waals surface area contributed by atoms with Crippen molar-refractivity contribution in [1.29, 1.82) is 0 Å². The van der Waals surface area contributed by atoms with Gasteiger partial charge in [-0.05, 0) is 72.0 Å². The summed E-state index contributed by atoms with van der Waals surface area (Å²) in [5.41, 5.74) is 6.67. The van der Waals surface area contributed by atoms with Crippen LogP contribution in [0.25, 0.3) is 21.5 Å². The summed E-state index contributed by atoms with van der Waals surface area (Å²) < 4.78 is 12.6. The third kappa shape index (κ3) is 9.14. The predicted octanol–water partition coefficient (Wildman–Crippen LogP) is 8.81. The number of anilines is 1. The average Bonchev–Trinajstić information content (AvgIpc) is 3.57. The van der Waals surface area contributed by atoms with E-state index in [4.69, 9.17) is 9.47 Å². The van der Waals surface area contributed by atoms with Gasteiger partial charge in [-0.3, -0.25) is 9.59 Å². The van der Waals surface area contributed by atoms with E-state index in [0.29, 0.717) is 52.2 Å². The van der Waals surface area contributed by atoms with Crippen molar-refractivity contribution in [2.45, 2.75) is 64.2 Å². The van der Waals surface area contributed by atoms with Crippen LogP contribution in [0, 0.1) is 0 Å². The number of rotatable bonds is 18. The Labute approximate surface area is 338 Å².